The van der Waals surface area contributed by atoms with Crippen molar-refractivity contribution in [3.63, 3.8) is 0 Å². The van der Waals surface area contributed by atoms with Gasteiger partial charge < -0.3 is 19.0 Å². The van der Waals surface area contributed by atoms with E-state index in [-0.39, 0.29) is 34.8 Å². The van der Waals surface area contributed by atoms with Crippen molar-refractivity contribution in [2.24, 2.45) is 11.8 Å². The van der Waals surface area contributed by atoms with Crippen LogP contribution in [-0.2, 0) is 0 Å². The minimum Gasteiger partial charge on any atom is -0.387 e. The Bertz CT molecular complexity index is 2270. The number of pyridine rings is 2. The summed E-state index contributed by atoms with van der Waals surface area (Å²) in [5.41, 5.74) is 6.63. The van der Waals surface area contributed by atoms with Crippen molar-refractivity contribution in [3.05, 3.63) is 142 Å². The van der Waals surface area contributed by atoms with Gasteiger partial charge in [-0.1, -0.05) is 24.3 Å². The molecule has 6 aromatic rings. The third-order valence-electron chi connectivity index (χ3n) is 13.4. The van der Waals surface area contributed by atoms with Crippen LogP contribution in [0.5, 0.6) is 0 Å². The third kappa shape index (κ3) is 7.31. The van der Waals surface area contributed by atoms with Gasteiger partial charge in [0.25, 0.3) is 0 Å². The zero-order chi connectivity index (χ0) is 40.2. The molecule has 12 heteroatoms. The minimum atomic E-state index is -1.40. The Hall–Kier alpha value is -4.68. The van der Waals surface area contributed by atoms with Crippen LogP contribution in [0, 0.1) is 46.7 Å². The molecule has 0 aliphatic heterocycles. The first-order valence-corrected chi connectivity index (χ1v) is 20.6. The van der Waals surface area contributed by atoms with Crippen molar-refractivity contribution in [1.82, 2.24) is 18.8 Å². The van der Waals surface area contributed by atoms with Crippen LogP contribution in [0.3, 0.4) is 0 Å². The predicted octanol–water partition coefficient (Wildman–Crippen LogP) is 11.3. The lowest BCUT2D eigenvalue weighted by atomic mass is 9.75. The van der Waals surface area contributed by atoms with Gasteiger partial charge in [-0.05, 0) is 159 Å². The Morgan fingerprint density at radius 2 is 0.759 bits per heavy atom. The van der Waals surface area contributed by atoms with Gasteiger partial charge in [-0.3, -0.25) is 0 Å². The molecule has 0 spiro atoms. The number of hydrogen-bond donors (Lipinski definition) is 2. The van der Waals surface area contributed by atoms with Crippen LogP contribution >= 0.6 is 0 Å². The molecule has 58 heavy (non-hydrogen) atoms. The largest absolute Gasteiger partial charge is 0.387 e. The van der Waals surface area contributed by atoms with Gasteiger partial charge in [-0.25, -0.2) is 36.3 Å². The lowest BCUT2D eigenvalue weighted by Gasteiger charge is -2.33. The van der Waals surface area contributed by atoms with Crippen molar-refractivity contribution in [2.45, 2.75) is 113 Å². The number of hydrogen-bond acceptors (Lipinski definition) is 4. The Morgan fingerprint density at radius 3 is 1.12 bits per heavy atom. The first kappa shape index (κ1) is 38.8. The molecule has 0 radical (unpaired) electrons. The Kier molecular flexibility index (Phi) is 10.6. The summed E-state index contributed by atoms with van der Waals surface area (Å²) in [6, 6.07) is 13.0. The molecule has 4 heterocycles. The van der Waals surface area contributed by atoms with Gasteiger partial charge in [0.05, 0.1) is 59.7 Å². The fraction of sp³-hybridized carbons (Fsp3) is 0.435. The van der Waals surface area contributed by atoms with Crippen LogP contribution in [0.2, 0.25) is 0 Å². The summed E-state index contributed by atoms with van der Waals surface area (Å²) in [6.07, 6.45) is 15.8. The summed E-state index contributed by atoms with van der Waals surface area (Å²) >= 11 is 0. The maximum Gasteiger partial charge on any atom is 0.194 e. The van der Waals surface area contributed by atoms with Crippen LogP contribution in [0.1, 0.15) is 147 Å². The first-order valence-electron chi connectivity index (χ1n) is 20.6. The topological polar surface area (TPSA) is 75.1 Å². The third-order valence-corrected chi connectivity index (χ3v) is 13.4. The van der Waals surface area contributed by atoms with E-state index in [1.54, 1.807) is 25.0 Å². The summed E-state index contributed by atoms with van der Waals surface area (Å²) < 4.78 is 86.0. The number of halogens is 6. The predicted molar refractivity (Wildman–Crippen MR) is 206 cm³/mol. The SMILES string of the molecule is O[C@@H](c1c(C2CC2)ccc2cncn12)C1CCC(c2ccc(F)c(F)c2F)CC1.O[C@H](c1c(C2CC2)ccc2cncn12)C1CCC(c2ccc(F)c(F)c2F)CC1. The van der Waals surface area contributed by atoms with Gasteiger partial charge in [0, 0.05) is 0 Å². The number of aromatic nitrogens is 4. The van der Waals surface area contributed by atoms with Crippen LogP contribution in [0.4, 0.5) is 26.3 Å². The van der Waals surface area contributed by atoms with E-state index in [0.717, 1.165) is 60.2 Å². The smallest absolute Gasteiger partial charge is 0.194 e. The normalized spacial score (nSPS) is 23.4. The molecule has 0 saturated heterocycles. The quantitative estimate of drug-likeness (QED) is 0.119. The molecule has 4 fully saturated rings. The van der Waals surface area contributed by atoms with Crippen LogP contribution in [0.15, 0.2) is 73.6 Å². The van der Waals surface area contributed by atoms with Crippen LogP contribution in [-0.4, -0.2) is 29.0 Å². The summed E-state index contributed by atoms with van der Waals surface area (Å²) in [5.74, 6) is -6.47. The average molecular weight is 801 g/mol. The number of aliphatic hydroxyl groups excluding tert-OH is 2. The molecule has 4 aromatic heterocycles. The number of benzene rings is 2. The molecule has 10 rings (SSSR count). The molecule has 304 valence electrons. The Morgan fingerprint density at radius 1 is 0.431 bits per heavy atom. The highest BCUT2D eigenvalue weighted by Crippen LogP contribution is 2.49. The molecule has 2 atom stereocenters. The second-order valence-corrected chi connectivity index (χ2v) is 16.9. The van der Waals surface area contributed by atoms with Gasteiger partial charge in [0.15, 0.2) is 34.9 Å². The van der Waals surface area contributed by atoms with Crippen molar-refractivity contribution in [2.75, 3.05) is 0 Å². The van der Waals surface area contributed by atoms with Crippen LogP contribution < -0.4 is 0 Å². The average Bonchev–Trinajstić information content (AvgIpc) is 4.18. The zero-order valence-corrected chi connectivity index (χ0v) is 32.0. The van der Waals surface area contributed by atoms with E-state index in [0.29, 0.717) is 63.2 Å². The van der Waals surface area contributed by atoms with Crippen molar-refractivity contribution >= 4 is 11.0 Å². The molecule has 0 bridgehead atoms. The zero-order valence-electron chi connectivity index (χ0n) is 32.0. The maximum absolute atomic E-state index is 14.2. The van der Waals surface area contributed by atoms with Gasteiger partial charge in [0.2, 0.25) is 0 Å². The highest BCUT2D eigenvalue weighted by atomic mass is 19.2. The van der Waals surface area contributed by atoms with E-state index >= 15 is 0 Å². The molecule has 4 aliphatic rings. The van der Waals surface area contributed by atoms with E-state index in [1.165, 1.54) is 23.3 Å². The number of rotatable bonds is 8. The lowest BCUT2D eigenvalue weighted by Crippen LogP contribution is -2.23. The van der Waals surface area contributed by atoms with Crippen molar-refractivity contribution < 1.29 is 36.6 Å². The summed E-state index contributed by atoms with van der Waals surface area (Å²) in [5, 5.41) is 22.6. The monoisotopic (exact) mass is 800 g/mol. The van der Waals surface area contributed by atoms with E-state index < -0.39 is 47.1 Å². The fourth-order valence-corrected chi connectivity index (χ4v) is 9.82. The molecule has 6 nitrogen and oxygen atoms in total. The summed E-state index contributed by atoms with van der Waals surface area (Å²) in [4.78, 5) is 8.46. The van der Waals surface area contributed by atoms with Gasteiger partial charge in [0.1, 0.15) is 0 Å². The summed E-state index contributed by atoms with van der Waals surface area (Å²) in [7, 11) is 0. The highest BCUT2D eigenvalue weighted by molar-refractivity contribution is 5.51. The number of aliphatic hydroxyl groups is 2. The van der Waals surface area contributed by atoms with Crippen molar-refractivity contribution in [1.29, 1.82) is 0 Å². The molecular weight excluding hydrogens is 755 g/mol. The van der Waals surface area contributed by atoms with Gasteiger partial charge in [-0.2, -0.15) is 0 Å². The molecule has 2 N–H and O–H groups in total. The van der Waals surface area contributed by atoms with E-state index in [9.17, 15) is 36.6 Å². The van der Waals surface area contributed by atoms with Crippen molar-refractivity contribution in [3.8, 4) is 0 Å². The summed E-state index contributed by atoms with van der Waals surface area (Å²) in [6.45, 7) is 0. The Balaban J connectivity index is 0.000000150. The number of nitrogens with zero attached hydrogens (tertiary/aromatic N) is 4. The van der Waals surface area contributed by atoms with Crippen LogP contribution in [0.25, 0.3) is 11.0 Å². The molecule has 0 amide bonds. The standard InChI is InChI=1S/2C23H23F3N2O/c2*24-19-10-9-17(20(25)21(19)26)13-3-5-15(6-4-13)23(29)22-18(14-1-2-14)8-7-16-11-27-12-28(16)22/h2*7-15,23,29H,1-6H2/t2*13?,15?,23-/m10/s1. The Labute approximate surface area is 332 Å². The second kappa shape index (κ2) is 15.8. The highest BCUT2D eigenvalue weighted by Gasteiger charge is 2.37. The molecular formula is C46H46F6N4O2. The molecule has 4 saturated carbocycles. The second-order valence-electron chi connectivity index (χ2n) is 16.9. The minimum absolute atomic E-state index is 0.0464. The maximum atomic E-state index is 14.2. The molecule has 4 aliphatic carbocycles. The van der Waals surface area contributed by atoms with E-state index in [2.05, 4.69) is 22.1 Å². The van der Waals surface area contributed by atoms with Gasteiger partial charge >= 0.3 is 0 Å². The van der Waals surface area contributed by atoms with E-state index in [4.69, 9.17) is 0 Å². The molecule has 2 aromatic carbocycles. The lowest BCUT2D eigenvalue weighted by molar-refractivity contribution is 0.0750. The fourth-order valence-electron chi connectivity index (χ4n) is 9.82. The first-order chi connectivity index (χ1) is 28.1. The van der Waals surface area contributed by atoms with E-state index in [1.807, 2.05) is 20.9 Å². The number of imidazole rings is 2. The van der Waals surface area contributed by atoms with Gasteiger partial charge in [-0.15, -0.1) is 0 Å². The molecule has 0 unspecified atom stereocenters. The number of fused-ring (bicyclic) bond motifs is 2.